The maximum Gasteiger partial charge on any atom is 1.00 e. The Labute approximate surface area is 284 Å². The first-order chi connectivity index (χ1) is 20.3. The molecule has 3 heterocycles. The molecule has 0 bridgehead atoms. The molecule has 3 saturated heterocycles. The fraction of sp³-hybridized carbons (Fsp3) is 0.935. The molecule has 1 unspecified atom stereocenters. The summed E-state index contributed by atoms with van der Waals surface area (Å²) < 4.78 is 35.9. The first kappa shape index (κ1) is 39.8. The molecule has 3 N–H and O–H groups in total. The fourth-order valence-electron chi connectivity index (χ4n) is 6.80. The molecular formula is C31H54NNaO11. The molecule has 250 valence electrons. The average Bonchev–Trinajstić information content (AvgIpc) is 2.95. The summed E-state index contributed by atoms with van der Waals surface area (Å²) in [6, 6.07) is 0. The van der Waals surface area contributed by atoms with Gasteiger partial charge in [0.2, 0.25) is 5.79 Å². The molecule has 0 saturated carbocycles. The number of carbonyl (C=O) groups excluding carboxylic acids is 2. The van der Waals surface area contributed by atoms with Crippen molar-refractivity contribution < 1.29 is 82.9 Å². The minimum atomic E-state index is -1.61. The van der Waals surface area contributed by atoms with Crippen molar-refractivity contribution in [2.75, 3.05) is 21.0 Å². The number of aliphatic carboxylic acids is 1. The second-order valence-electron chi connectivity index (χ2n) is 13.3. The molecule has 3 aliphatic rings. The van der Waals surface area contributed by atoms with E-state index in [0.717, 1.165) is 25.7 Å². The van der Waals surface area contributed by atoms with E-state index in [2.05, 4.69) is 12.2 Å². The van der Waals surface area contributed by atoms with Crippen LogP contribution in [-0.4, -0.2) is 97.8 Å². The third kappa shape index (κ3) is 9.59. The van der Waals surface area contributed by atoms with Gasteiger partial charge in [-0.25, -0.2) is 0 Å². The molecule has 0 spiro atoms. The van der Waals surface area contributed by atoms with Crippen LogP contribution >= 0.6 is 0 Å². The van der Waals surface area contributed by atoms with Crippen molar-refractivity contribution in [1.29, 1.82) is 0 Å². The Balaban J connectivity index is 0.00000675. The van der Waals surface area contributed by atoms with Gasteiger partial charge in [-0.3, -0.25) is 4.79 Å². The molecule has 0 aromatic rings. The van der Waals surface area contributed by atoms with E-state index in [9.17, 15) is 24.9 Å². The van der Waals surface area contributed by atoms with Crippen LogP contribution in [0.1, 0.15) is 92.4 Å². The summed E-state index contributed by atoms with van der Waals surface area (Å²) in [7, 11) is 3.03. The summed E-state index contributed by atoms with van der Waals surface area (Å²) in [6.07, 6.45) is -0.217. The number of carboxylic acids is 1. The molecule has 11 atom stereocenters. The van der Waals surface area contributed by atoms with Crippen LogP contribution < -0.4 is 40.0 Å². The van der Waals surface area contributed by atoms with Crippen LogP contribution in [-0.2, 0) is 38.0 Å². The Bertz CT molecular complexity index is 896. The number of nitrogens with one attached hydrogen (secondary N) is 1. The van der Waals surface area contributed by atoms with E-state index in [4.69, 9.17) is 28.4 Å². The Morgan fingerprint density at radius 2 is 1.68 bits per heavy atom. The maximum absolute atomic E-state index is 13.4. The number of ether oxygens (including phenoxy) is 6. The number of methoxy groups -OCH3 is 2. The van der Waals surface area contributed by atoms with E-state index in [-0.39, 0.29) is 60.7 Å². The zero-order chi connectivity index (χ0) is 31.9. The Kier molecular flexibility index (Phi) is 16.0. The van der Waals surface area contributed by atoms with Gasteiger partial charge < -0.3 is 53.9 Å². The van der Waals surface area contributed by atoms with E-state index in [1.54, 1.807) is 7.11 Å². The van der Waals surface area contributed by atoms with Gasteiger partial charge in [-0.1, -0.05) is 53.4 Å². The van der Waals surface area contributed by atoms with Crippen molar-refractivity contribution in [3.05, 3.63) is 0 Å². The largest absolute Gasteiger partial charge is 1.00 e. The number of aliphatic hydroxyl groups is 2. The van der Waals surface area contributed by atoms with Gasteiger partial charge in [-0.2, -0.15) is 0 Å². The molecule has 12 nitrogen and oxygen atoms in total. The first-order valence-electron chi connectivity index (χ1n) is 15.8. The van der Waals surface area contributed by atoms with Gasteiger partial charge in [0, 0.05) is 38.4 Å². The Morgan fingerprint density at radius 1 is 1.02 bits per heavy atom. The Hall–Kier alpha value is -0.380. The zero-order valence-electron chi connectivity index (χ0n) is 27.9. The second-order valence-corrected chi connectivity index (χ2v) is 13.3. The van der Waals surface area contributed by atoms with E-state index >= 15 is 0 Å². The van der Waals surface area contributed by atoms with Gasteiger partial charge in [0.25, 0.3) is 5.91 Å². The molecule has 0 aliphatic carbocycles. The summed E-state index contributed by atoms with van der Waals surface area (Å²) in [5.74, 6) is -2.84. The first-order valence-corrected chi connectivity index (χ1v) is 15.8. The summed E-state index contributed by atoms with van der Waals surface area (Å²) in [5, 5.41) is 35.4. The smallest absolute Gasteiger partial charge is 0.550 e. The SMILES string of the molecule is CO[C@@H]1[C@H]2OCO[C@@H](NC(=O)[C@@H](O)[C@@]3(OC)CC(C)[C@@H](C)[C@@H](C)O3)[C@H]2O[C@H](C[C@H](O)CCCCCCCC(=O)[O-])C1(C)C.[Na+]. The average molecular weight is 640 g/mol. The maximum atomic E-state index is 13.4. The van der Waals surface area contributed by atoms with Crippen LogP contribution in [0, 0.1) is 17.3 Å². The topological polar surface area (TPSA) is 165 Å². The van der Waals surface area contributed by atoms with E-state index in [0.29, 0.717) is 25.7 Å². The van der Waals surface area contributed by atoms with Crippen molar-refractivity contribution in [2.24, 2.45) is 17.3 Å². The molecule has 0 aromatic carbocycles. The van der Waals surface area contributed by atoms with Crippen molar-refractivity contribution >= 4 is 11.9 Å². The predicted octanol–water partition coefficient (Wildman–Crippen LogP) is -1.37. The number of hydrogen-bond acceptors (Lipinski definition) is 11. The monoisotopic (exact) mass is 639 g/mol. The second kappa shape index (κ2) is 17.7. The normalized spacial score (nSPS) is 36.4. The van der Waals surface area contributed by atoms with Gasteiger partial charge in [-0.15, -0.1) is 0 Å². The van der Waals surface area contributed by atoms with Crippen LogP contribution in [0.5, 0.6) is 0 Å². The number of amides is 1. The van der Waals surface area contributed by atoms with Crippen LogP contribution in [0.3, 0.4) is 0 Å². The van der Waals surface area contributed by atoms with Gasteiger partial charge in [0.1, 0.15) is 19.0 Å². The molecule has 0 radical (unpaired) electrons. The number of hydrogen-bond donors (Lipinski definition) is 3. The molecule has 13 heteroatoms. The number of carboxylic acid groups (broad SMARTS) is 1. The summed E-state index contributed by atoms with van der Waals surface area (Å²) in [4.78, 5) is 24.0. The Morgan fingerprint density at radius 3 is 2.30 bits per heavy atom. The molecule has 0 aromatic heterocycles. The number of aliphatic hydroxyl groups excluding tert-OH is 2. The van der Waals surface area contributed by atoms with Crippen molar-refractivity contribution in [2.45, 2.75) is 147 Å². The fourth-order valence-corrected chi connectivity index (χ4v) is 6.80. The van der Waals surface area contributed by atoms with Crippen LogP contribution in [0.25, 0.3) is 0 Å². The van der Waals surface area contributed by atoms with E-state index in [1.807, 2.05) is 27.7 Å². The molecule has 1 amide bonds. The molecule has 3 aliphatic heterocycles. The van der Waals surface area contributed by atoms with Crippen LogP contribution in [0.15, 0.2) is 0 Å². The van der Waals surface area contributed by atoms with Crippen molar-refractivity contribution in [3.63, 3.8) is 0 Å². The van der Waals surface area contributed by atoms with Gasteiger partial charge in [0.05, 0.1) is 24.4 Å². The zero-order valence-corrected chi connectivity index (χ0v) is 29.9. The molecule has 3 fully saturated rings. The van der Waals surface area contributed by atoms with Crippen LogP contribution in [0.4, 0.5) is 0 Å². The number of fused-ring (bicyclic) bond motifs is 1. The van der Waals surface area contributed by atoms with Crippen LogP contribution in [0.2, 0.25) is 0 Å². The minimum Gasteiger partial charge on any atom is -0.550 e. The molecular weight excluding hydrogens is 585 g/mol. The molecule has 44 heavy (non-hydrogen) atoms. The van der Waals surface area contributed by atoms with Gasteiger partial charge >= 0.3 is 29.6 Å². The third-order valence-corrected chi connectivity index (χ3v) is 9.90. The number of rotatable bonds is 15. The quantitative estimate of drug-likeness (QED) is 0.143. The summed E-state index contributed by atoms with van der Waals surface area (Å²) in [5.41, 5.74) is -0.536. The molecule has 3 rings (SSSR count). The summed E-state index contributed by atoms with van der Waals surface area (Å²) in [6.45, 7) is 9.94. The third-order valence-electron chi connectivity index (χ3n) is 9.90. The van der Waals surface area contributed by atoms with Gasteiger partial charge in [-0.05, 0) is 38.0 Å². The number of unbranched alkanes of at least 4 members (excludes halogenated alkanes) is 4. The van der Waals surface area contributed by atoms with E-state index < -0.39 is 65.9 Å². The van der Waals surface area contributed by atoms with Crippen molar-refractivity contribution in [3.8, 4) is 0 Å². The summed E-state index contributed by atoms with van der Waals surface area (Å²) >= 11 is 0. The predicted molar refractivity (Wildman–Crippen MR) is 153 cm³/mol. The van der Waals surface area contributed by atoms with Gasteiger partial charge in [0.15, 0.2) is 12.3 Å². The van der Waals surface area contributed by atoms with Crippen molar-refractivity contribution in [1.82, 2.24) is 5.32 Å². The number of carbonyl (C=O) groups is 2. The standard InChI is InChI=1S/C31H55NO11.Na/c1-18-16-31(39-7,43-20(3)19(18)2)26(36)28(37)32-29-25-24(40-17-41-29)27(38-6)30(4,5)22(42-25)15-21(33)13-11-9-8-10-12-14-23(34)35;/h18-22,24-27,29,33,36H,8-17H2,1-7H3,(H,32,37)(H,34,35);/q;+1/p-1/t18?,19-,20-,21-,22-,24+,25+,26-,27-,29-,31-;/m1./s1. The minimum absolute atomic E-state index is 0. The van der Waals surface area contributed by atoms with E-state index in [1.165, 1.54) is 7.11 Å².